The van der Waals surface area contributed by atoms with Crippen molar-refractivity contribution in [2.75, 3.05) is 6.61 Å². The number of aliphatic hydroxyl groups is 5. The topological polar surface area (TPSA) is 198 Å². The lowest BCUT2D eigenvalue weighted by Crippen LogP contribution is -2.99. The summed E-state index contributed by atoms with van der Waals surface area (Å²) in [6, 6.07) is -0.853. The van der Waals surface area contributed by atoms with Crippen molar-refractivity contribution in [2.24, 2.45) is 22.1 Å². The highest BCUT2D eigenvalue weighted by molar-refractivity contribution is 5.85. The second-order valence-corrected chi connectivity index (χ2v) is 6.60. The molecular weight excluding hydrogens is 314 g/mol. The number of hydrogen-bond acceptors (Lipinski definition) is 10. The molecule has 4 aliphatic rings. The van der Waals surface area contributed by atoms with E-state index in [0.29, 0.717) is 0 Å². The van der Waals surface area contributed by atoms with E-state index in [1.807, 2.05) is 0 Å². The summed E-state index contributed by atoms with van der Waals surface area (Å²) in [7, 11) is 0. The molecule has 0 amide bonds. The van der Waals surface area contributed by atoms with Crippen LogP contribution in [0.5, 0.6) is 0 Å². The molecule has 3 fully saturated rings. The molecule has 11 heteroatoms. The van der Waals surface area contributed by atoms with Gasteiger partial charge >= 0.3 is 5.97 Å². The van der Waals surface area contributed by atoms with Crippen molar-refractivity contribution >= 4 is 11.9 Å². The number of ether oxygens (including phenoxy) is 1. The molecule has 11 nitrogen and oxygen atoms in total. The van der Waals surface area contributed by atoms with Gasteiger partial charge in [0.25, 0.3) is 0 Å². The Morgan fingerprint density at radius 2 is 1.96 bits per heavy atom. The van der Waals surface area contributed by atoms with Crippen LogP contribution in [0, 0.1) is 11.3 Å². The lowest BCUT2D eigenvalue weighted by Gasteiger charge is -2.78. The number of aliphatic imine (C=N–C) groups is 1. The molecule has 0 aromatic rings. The van der Waals surface area contributed by atoms with Crippen LogP contribution in [-0.2, 0) is 9.53 Å². The van der Waals surface area contributed by atoms with Crippen molar-refractivity contribution < 1.29 is 40.2 Å². The Hall–Kier alpha value is -1.50. The fourth-order valence-electron chi connectivity index (χ4n) is 4.91. The predicted octanol–water partition coefficient (Wildman–Crippen LogP) is -5.11. The van der Waals surface area contributed by atoms with Gasteiger partial charge in [0, 0.05) is 5.92 Å². The Bertz CT molecular complexity index is 629. The van der Waals surface area contributed by atoms with Crippen LogP contribution in [-0.4, -0.2) is 91.0 Å². The Kier molecular flexibility index (Phi) is 2.58. The summed E-state index contributed by atoms with van der Waals surface area (Å²) in [4.78, 5) is 15.5. The fraction of sp³-hybridized carbons (Fsp3) is 0.833. The molecule has 2 heterocycles. The van der Waals surface area contributed by atoms with E-state index in [4.69, 9.17) is 10.5 Å². The summed E-state index contributed by atoms with van der Waals surface area (Å²) in [6.45, 7) is -1.02. The van der Waals surface area contributed by atoms with E-state index >= 15 is 0 Å². The van der Waals surface area contributed by atoms with Crippen LogP contribution in [0.3, 0.4) is 0 Å². The molecule has 0 aromatic carbocycles. The Labute approximate surface area is 129 Å². The number of nitrogens with one attached hydrogen (secondary N) is 1. The van der Waals surface area contributed by atoms with Gasteiger partial charge in [-0.3, -0.25) is 0 Å². The van der Waals surface area contributed by atoms with Gasteiger partial charge in [0.2, 0.25) is 0 Å². The number of carboxylic acids is 1. The first-order valence-electron chi connectivity index (χ1n) is 7.08. The van der Waals surface area contributed by atoms with Gasteiger partial charge in [0.05, 0.1) is 24.2 Å². The zero-order valence-electron chi connectivity index (χ0n) is 11.7. The number of nitrogens with two attached hydrogens (primary N) is 1. The average Bonchev–Trinajstić information content (AvgIpc) is 2.82. The van der Waals surface area contributed by atoms with Crippen molar-refractivity contribution in [1.82, 2.24) is 5.32 Å². The fourth-order valence-corrected chi connectivity index (χ4v) is 4.91. The Balaban J connectivity index is 1.87. The van der Waals surface area contributed by atoms with E-state index in [9.17, 15) is 35.4 Å². The van der Waals surface area contributed by atoms with Gasteiger partial charge in [0.1, 0.15) is 17.7 Å². The maximum Gasteiger partial charge on any atom is 0.333 e. The maximum absolute atomic E-state index is 11.5. The number of rotatable bonds is 2. The molecule has 1 saturated heterocycles. The van der Waals surface area contributed by atoms with Gasteiger partial charge in [-0.05, 0) is 0 Å². The van der Waals surface area contributed by atoms with Gasteiger partial charge in [-0.2, -0.15) is 0 Å². The first-order chi connectivity index (χ1) is 10.7. The largest absolute Gasteiger partial charge is 0.479 e. The smallest absolute Gasteiger partial charge is 0.333 e. The van der Waals surface area contributed by atoms with Gasteiger partial charge in [0.15, 0.2) is 17.8 Å². The number of aliphatic carboxylic acids is 1. The van der Waals surface area contributed by atoms with E-state index < -0.39 is 65.7 Å². The minimum Gasteiger partial charge on any atom is -0.479 e. The monoisotopic (exact) mass is 331 g/mol. The van der Waals surface area contributed by atoms with E-state index in [-0.39, 0.29) is 5.96 Å². The maximum atomic E-state index is 11.5. The summed E-state index contributed by atoms with van der Waals surface area (Å²) in [5.74, 6) is -2.52. The highest BCUT2D eigenvalue weighted by atomic mass is 16.6. The minimum absolute atomic E-state index is 0.0611. The first kappa shape index (κ1) is 15.1. The van der Waals surface area contributed by atoms with Crippen LogP contribution < -0.4 is 11.1 Å². The summed E-state index contributed by atoms with van der Waals surface area (Å²) in [5.41, 5.74) is 0.113. The third-order valence-electron chi connectivity index (χ3n) is 5.91. The molecule has 0 aromatic heterocycles. The van der Waals surface area contributed by atoms with Crippen LogP contribution in [0.2, 0.25) is 0 Å². The minimum atomic E-state index is -2.41. The van der Waals surface area contributed by atoms with Gasteiger partial charge < -0.3 is 46.4 Å². The molecule has 0 radical (unpaired) electrons. The Morgan fingerprint density at radius 1 is 1.30 bits per heavy atom. The van der Waals surface area contributed by atoms with E-state index in [1.165, 1.54) is 0 Å². The molecule has 0 bridgehead atoms. The van der Waals surface area contributed by atoms with Crippen LogP contribution in [0.4, 0.5) is 0 Å². The van der Waals surface area contributed by atoms with Crippen LogP contribution in [0.15, 0.2) is 4.99 Å². The van der Waals surface area contributed by atoms with Gasteiger partial charge in [-0.25, -0.2) is 9.79 Å². The quantitative estimate of drug-likeness (QED) is 0.242. The summed E-state index contributed by atoms with van der Waals surface area (Å²) >= 11 is 0. The second-order valence-electron chi connectivity index (χ2n) is 6.60. The molecule has 128 valence electrons. The molecule has 4 rings (SSSR count). The van der Waals surface area contributed by atoms with Crippen LogP contribution in [0.1, 0.15) is 0 Å². The molecule has 9 N–H and O–H groups in total. The molecule has 2 aliphatic carbocycles. The molecule has 2 saturated carbocycles. The molecule has 0 unspecified atom stereocenters. The van der Waals surface area contributed by atoms with E-state index in [2.05, 4.69) is 10.3 Å². The molecular formula is C12H17N3O8. The summed E-state index contributed by atoms with van der Waals surface area (Å²) in [6.07, 6.45) is -7.02. The van der Waals surface area contributed by atoms with Crippen molar-refractivity contribution in [1.29, 1.82) is 0 Å². The number of aliphatic hydroxyl groups excluding tert-OH is 4. The number of nitrogens with zero attached hydrogens (tertiary/aromatic N) is 1. The number of carbonyl (C=O) groups is 1. The van der Waals surface area contributed by atoms with Crippen LogP contribution >= 0.6 is 0 Å². The molecule has 2 spiro atoms. The van der Waals surface area contributed by atoms with Gasteiger partial charge in [-0.1, -0.05) is 0 Å². The second kappa shape index (κ2) is 3.94. The number of fused-ring (bicyclic) bond motifs is 1. The van der Waals surface area contributed by atoms with Crippen molar-refractivity contribution in [3.8, 4) is 0 Å². The lowest BCUT2D eigenvalue weighted by molar-refractivity contribution is -0.472. The zero-order chi connectivity index (χ0) is 16.9. The van der Waals surface area contributed by atoms with Crippen molar-refractivity contribution in [2.45, 2.75) is 41.8 Å². The molecule has 23 heavy (non-hydrogen) atoms. The lowest BCUT2D eigenvalue weighted by atomic mass is 9.36. The van der Waals surface area contributed by atoms with Crippen molar-refractivity contribution in [3.05, 3.63) is 0 Å². The number of hydrogen-bond donors (Lipinski definition) is 8. The first-order valence-corrected chi connectivity index (χ1v) is 7.08. The van der Waals surface area contributed by atoms with Gasteiger partial charge in [-0.15, -0.1) is 0 Å². The highest BCUT2D eigenvalue weighted by Crippen LogP contribution is 2.73. The summed E-state index contributed by atoms with van der Waals surface area (Å²) < 4.78 is 5.38. The van der Waals surface area contributed by atoms with Crippen LogP contribution in [0.25, 0.3) is 0 Å². The number of carboxylic acid groups (broad SMARTS) is 1. The normalized spacial score (nSPS) is 59.4. The molecule has 2 aliphatic heterocycles. The Morgan fingerprint density at radius 3 is 2.52 bits per heavy atom. The average molecular weight is 331 g/mol. The number of guanidine groups is 1. The van der Waals surface area contributed by atoms with E-state index in [1.54, 1.807) is 0 Å². The highest BCUT2D eigenvalue weighted by Gasteiger charge is 2.94. The standard InChI is InChI=1S/C12H17N3O8/c13-9-14-3-2-4(17)10(22,1-16)5(18)6(19)11(2)7(8(20)21)23-12(3,11)15-9/h2-7,16-19,22H,1H2,(H,20,21)(H3,13,14,15)/t2-,3+,4+,5-,6+,7+,10-,11+,12-/m0/s1. The summed E-state index contributed by atoms with van der Waals surface area (Å²) in [5, 5.41) is 63.0. The molecule has 9 atom stereocenters. The predicted molar refractivity (Wildman–Crippen MR) is 69.8 cm³/mol. The SMILES string of the molecule is NC1=N[C@@H]2[C@H]3[C@@H](O)[C@@](O)(CO)[C@@H](O)[C@@H](O)[C@@]34[C@@H](C(=O)O)O[C@@]24N1. The van der Waals surface area contributed by atoms with E-state index in [0.717, 1.165) is 0 Å². The zero-order valence-corrected chi connectivity index (χ0v) is 11.7. The van der Waals surface area contributed by atoms with Crippen molar-refractivity contribution in [3.63, 3.8) is 0 Å². The third-order valence-corrected chi connectivity index (χ3v) is 5.91. The third kappa shape index (κ3) is 1.20.